The minimum absolute atomic E-state index is 0.0489. The van der Waals surface area contributed by atoms with Crippen molar-refractivity contribution >= 4 is 35.4 Å². The zero-order chi connectivity index (χ0) is 44.2. The first kappa shape index (κ1) is 49.1. The highest BCUT2D eigenvalue weighted by molar-refractivity contribution is 7.99. The number of imide groups is 1. The zero-order valence-corrected chi connectivity index (χ0v) is 36.4. The first-order valence-electron chi connectivity index (χ1n) is 20.5. The van der Waals surface area contributed by atoms with Crippen LogP contribution >= 0.6 is 11.8 Å². The van der Waals surface area contributed by atoms with E-state index in [1.807, 2.05) is 67.5 Å². The van der Waals surface area contributed by atoms with Crippen molar-refractivity contribution in [2.45, 2.75) is 59.2 Å². The van der Waals surface area contributed by atoms with Gasteiger partial charge in [0, 0.05) is 68.3 Å². The van der Waals surface area contributed by atoms with Crippen LogP contribution in [-0.4, -0.2) is 133 Å². The third-order valence-corrected chi connectivity index (χ3v) is 10.4. The summed E-state index contributed by atoms with van der Waals surface area (Å²) in [6.07, 6.45) is 4.85. The molecule has 2 aromatic carbocycles. The van der Waals surface area contributed by atoms with Crippen LogP contribution in [0.15, 0.2) is 66.9 Å². The van der Waals surface area contributed by atoms with Crippen LogP contribution in [0.4, 0.5) is 8.78 Å². The first-order valence-corrected chi connectivity index (χ1v) is 21.7. The lowest BCUT2D eigenvalue weighted by atomic mass is 9.84. The predicted octanol–water partition coefficient (Wildman–Crippen LogP) is 4.76. The van der Waals surface area contributed by atoms with Gasteiger partial charge in [-0.3, -0.25) is 24.1 Å². The number of rotatable bonds is 28. The molecule has 2 heterocycles. The second-order valence-corrected chi connectivity index (χ2v) is 16.7. The van der Waals surface area contributed by atoms with Gasteiger partial charge in [-0.25, -0.2) is 13.8 Å². The highest BCUT2D eigenvalue weighted by Gasteiger charge is 2.38. The highest BCUT2D eigenvalue weighted by atomic mass is 32.2. The number of nitrogens with zero attached hydrogens (tertiary/aromatic N) is 4. The summed E-state index contributed by atoms with van der Waals surface area (Å²) in [7, 11) is 0. The van der Waals surface area contributed by atoms with Crippen LogP contribution in [0.1, 0.15) is 58.0 Å². The maximum Gasteiger partial charge on any atom is 0.253 e. The van der Waals surface area contributed by atoms with Crippen molar-refractivity contribution < 1.29 is 46.9 Å². The Morgan fingerprint density at radius 3 is 2.15 bits per heavy atom. The number of nitrogens with two attached hydrogens (primary N) is 1. The van der Waals surface area contributed by atoms with Gasteiger partial charge < -0.3 is 39.5 Å². The van der Waals surface area contributed by atoms with Gasteiger partial charge in [-0.1, -0.05) is 51.1 Å². The third kappa shape index (κ3) is 16.7. The van der Waals surface area contributed by atoms with Crippen LogP contribution in [-0.2, 0) is 44.7 Å². The lowest BCUT2D eigenvalue weighted by Crippen LogP contribution is -2.45. The molecule has 4 amide bonds. The van der Waals surface area contributed by atoms with E-state index in [2.05, 4.69) is 5.32 Å². The number of amides is 4. The fourth-order valence-corrected chi connectivity index (χ4v) is 7.17. The van der Waals surface area contributed by atoms with Gasteiger partial charge in [-0.15, -0.1) is 11.8 Å². The van der Waals surface area contributed by atoms with E-state index >= 15 is 4.39 Å². The fraction of sp³-hybridized carbons (Fsp3) is 0.523. The lowest BCUT2D eigenvalue weighted by Gasteiger charge is -2.40. The van der Waals surface area contributed by atoms with Gasteiger partial charge in [0.15, 0.2) is 0 Å². The van der Waals surface area contributed by atoms with Crippen molar-refractivity contribution in [1.29, 1.82) is 0 Å². The Morgan fingerprint density at radius 1 is 0.902 bits per heavy atom. The molecule has 0 aliphatic carbocycles. The van der Waals surface area contributed by atoms with Crippen LogP contribution in [0.2, 0.25) is 0 Å². The summed E-state index contributed by atoms with van der Waals surface area (Å²) in [4.78, 5) is 56.9. The third-order valence-electron chi connectivity index (χ3n) is 9.47. The second-order valence-electron chi connectivity index (χ2n) is 15.6. The number of nitrogens with one attached hydrogen (secondary N) is 1. The molecule has 334 valence electrons. The van der Waals surface area contributed by atoms with E-state index in [9.17, 15) is 23.6 Å². The molecule has 1 aromatic heterocycles. The molecule has 0 fully saturated rings. The second kappa shape index (κ2) is 25.4. The lowest BCUT2D eigenvalue weighted by molar-refractivity contribution is -0.137. The SMILES string of the molecule is C[C@H](N)CCN(C(=O)CSCCOCCOCCOCCOCCC(=O)NCCN1C(=O)C=CC1=O)[C@@H](c1nc(-c2cc(F)ccc2F)cn1Cc1ccccc1)C(C)(C)C. The molecule has 1 aliphatic heterocycles. The molecule has 1 aliphatic rings. The summed E-state index contributed by atoms with van der Waals surface area (Å²) >= 11 is 1.47. The number of aromatic nitrogens is 2. The molecule has 0 radical (unpaired) electrons. The molecule has 0 bridgehead atoms. The number of imidazole rings is 1. The predicted molar refractivity (Wildman–Crippen MR) is 229 cm³/mol. The maximum atomic E-state index is 15.1. The normalized spacial score (nSPS) is 13.9. The first-order chi connectivity index (χ1) is 29.2. The quantitative estimate of drug-likeness (QED) is 0.0763. The maximum absolute atomic E-state index is 15.1. The number of hydrogen-bond donors (Lipinski definition) is 2. The minimum atomic E-state index is -0.588. The minimum Gasteiger partial charge on any atom is -0.379 e. The van der Waals surface area contributed by atoms with Crippen LogP contribution in [0.25, 0.3) is 11.3 Å². The molecule has 14 nitrogen and oxygen atoms in total. The van der Waals surface area contributed by atoms with Gasteiger partial charge in [0.1, 0.15) is 17.5 Å². The van der Waals surface area contributed by atoms with E-state index in [1.165, 1.54) is 23.9 Å². The fourth-order valence-electron chi connectivity index (χ4n) is 6.45. The molecule has 3 aromatic rings. The van der Waals surface area contributed by atoms with Gasteiger partial charge >= 0.3 is 0 Å². The number of halogens is 2. The molecule has 0 saturated heterocycles. The Bertz CT molecular complexity index is 1870. The summed E-state index contributed by atoms with van der Waals surface area (Å²) in [6, 6.07) is 12.4. The van der Waals surface area contributed by atoms with Crippen molar-refractivity contribution in [3.63, 3.8) is 0 Å². The highest BCUT2D eigenvalue weighted by Crippen LogP contribution is 2.40. The molecule has 2 atom stereocenters. The van der Waals surface area contributed by atoms with Crippen LogP contribution < -0.4 is 11.1 Å². The number of hydrogen-bond acceptors (Lipinski definition) is 11. The van der Waals surface area contributed by atoms with E-state index in [0.29, 0.717) is 77.3 Å². The van der Waals surface area contributed by atoms with Crippen molar-refractivity contribution in [3.8, 4) is 11.3 Å². The number of carbonyl (C=O) groups excluding carboxylic acids is 4. The number of ether oxygens (including phenoxy) is 4. The molecular formula is C44H60F2N6O8S. The topological polar surface area (TPSA) is 168 Å². The van der Waals surface area contributed by atoms with Crippen LogP contribution in [0.5, 0.6) is 0 Å². The van der Waals surface area contributed by atoms with E-state index in [-0.39, 0.29) is 72.8 Å². The summed E-state index contributed by atoms with van der Waals surface area (Å²) < 4.78 is 53.6. The number of benzene rings is 2. The van der Waals surface area contributed by atoms with E-state index in [0.717, 1.165) is 28.7 Å². The number of carbonyl (C=O) groups is 4. The Hall–Kier alpha value is -4.52. The molecule has 0 saturated carbocycles. The van der Waals surface area contributed by atoms with Crippen molar-refractivity contribution in [3.05, 3.63) is 89.9 Å². The monoisotopic (exact) mass is 870 g/mol. The molecule has 17 heteroatoms. The summed E-state index contributed by atoms with van der Waals surface area (Å²) in [5.74, 6) is -0.889. The standard InChI is InChI=1S/C44H60F2N6O8S/c1-32(47)14-17-52(42(44(2,3)4)43-49-37(35-28-34(45)10-11-36(35)46)30-50(43)29-33-8-6-5-7-9-33)41(56)31-61-27-26-60-25-24-59-23-22-58-21-20-57-19-15-38(53)48-16-18-51-39(54)12-13-40(51)55/h5-13,28,30,32,42H,14-27,29,31,47H2,1-4H3,(H,48,53)/t32-,42-/m0/s1. The Labute approximate surface area is 361 Å². The summed E-state index contributed by atoms with van der Waals surface area (Å²) in [5, 5.41) is 2.65. The molecule has 3 N–H and O–H groups in total. The van der Waals surface area contributed by atoms with Gasteiger partial charge in [-0.05, 0) is 42.5 Å². The van der Waals surface area contributed by atoms with Crippen molar-refractivity contribution in [2.24, 2.45) is 11.1 Å². The van der Waals surface area contributed by atoms with Crippen molar-refractivity contribution in [2.75, 3.05) is 84.0 Å². The molecule has 61 heavy (non-hydrogen) atoms. The zero-order valence-electron chi connectivity index (χ0n) is 35.6. The van der Waals surface area contributed by atoms with E-state index in [1.54, 1.807) is 6.20 Å². The molecular weight excluding hydrogens is 811 g/mol. The summed E-state index contributed by atoms with van der Waals surface area (Å²) in [6.45, 7) is 11.9. The van der Waals surface area contributed by atoms with Gasteiger partial charge in [0.2, 0.25) is 11.8 Å². The smallest absolute Gasteiger partial charge is 0.253 e. The Kier molecular flexibility index (Phi) is 20.5. The average Bonchev–Trinajstić information content (AvgIpc) is 3.77. The van der Waals surface area contributed by atoms with Gasteiger partial charge in [0.25, 0.3) is 11.8 Å². The Morgan fingerprint density at radius 2 is 1.52 bits per heavy atom. The Balaban J connectivity index is 1.17. The molecule has 0 unspecified atom stereocenters. The van der Waals surface area contributed by atoms with Gasteiger partial charge in [0.05, 0.1) is 70.3 Å². The largest absolute Gasteiger partial charge is 0.379 e. The number of thioether (sulfide) groups is 1. The summed E-state index contributed by atoms with van der Waals surface area (Å²) in [5.41, 5.74) is 7.02. The van der Waals surface area contributed by atoms with Gasteiger partial charge in [-0.2, -0.15) is 0 Å². The molecule has 0 spiro atoms. The van der Waals surface area contributed by atoms with E-state index < -0.39 is 23.1 Å². The molecule has 4 rings (SSSR count). The van der Waals surface area contributed by atoms with Crippen LogP contribution in [0, 0.1) is 17.0 Å². The average molecular weight is 871 g/mol. The van der Waals surface area contributed by atoms with E-state index in [4.69, 9.17) is 29.7 Å². The van der Waals surface area contributed by atoms with Crippen LogP contribution in [0.3, 0.4) is 0 Å². The van der Waals surface area contributed by atoms with Crippen molar-refractivity contribution in [1.82, 2.24) is 24.7 Å².